The topological polar surface area (TPSA) is 70.5 Å². The lowest BCUT2D eigenvalue weighted by Crippen LogP contribution is -2.34. The van der Waals surface area contributed by atoms with E-state index in [9.17, 15) is 9.59 Å². The second-order valence-corrected chi connectivity index (χ2v) is 8.30. The van der Waals surface area contributed by atoms with Crippen LogP contribution in [-0.2, 0) is 22.4 Å². The molecule has 0 bridgehead atoms. The van der Waals surface area contributed by atoms with Crippen LogP contribution in [-0.4, -0.2) is 40.0 Å². The van der Waals surface area contributed by atoms with Crippen molar-refractivity contribution in [1.82, 2.24) is 9.88 Å². The van der Waals surface area contributed by atoms with Crippen molar-refractivity contribution < 1.29 is 14.7 Å². The van der Waals surface area contributed by atoms with Gasteiger partial charge in [-0.05, 0) is 29.7 Å². The fourth-order valence-electron chi connectivity index (χ4n) is 3.45. The molecule has 5 nitrogen and oxygen atoms in total. The smallest absolute Gasteiger partial charge is 0.305 e. The van der Waals surface area contributed by atoms with Gasteiger partial charge < -0.3 is 10.0 Å². The van der Waals surface area contributed by atoms with Gasteiger partial charge in [-0.25, -0.2) is 4.98 Å². The van der Waals surface area contributed by atoms with E-state index in [0.29, 0.717) is 6.54 Å². The second-order valence-electron chi connectivity index (χ2n) is 7.13. The van der Waals surface area contributed by atoms with Crippen LogP contribution < -0.4 is 0 Å². The number of aryl methyl sites for hydroxylation is 1. The van der Waals surface area contributed by atoms with E-state index in [1.165, 1.54) is 16.3 Å². The van der Waals surface area contributed by atoms with Crippen molar-refractivity contribution in [2.75, 3.05) is 13.1 Å². The molecule has 0 unspecified atom stereocenters. The molecule has 0 saturated heterocycles. The van der Waals surface area contributed by atoms with Crippen molar-refractivity contribution in [1.29, 1.82) is 0 Å². The molecule has 29 heavy (non-hydrogen) atoms. The van der Waals surface area contributed by atoms with E-state index in [-0.39, 0.29) is 25.3 Å². The highest BCUT2D eigenvalue weighted by Crippen LogP contribution is 2.25. The van der Waals surface area contributed by atoms with Crippen LogP contribution in [0.5, 0.6) is 0 Å². The minimum atomic E-state index is -0.884. The van der Waals surface area contributed by atoms with Gasteiger partial charge in [0, 0.05) is 24.4 Å². The highest BCUT2D eigenvalue weighted by atomic mass is 32.1. The number of benzene rings is 2. The Kier molecular flexibility index (Phi) is 6.99. The van der Waals surface area contributed by atoms with Crippen LogP contribution in [0.2, 0.25) is 0 Å². The summed E-state index contributed by atoms with van der Waals surface area (Å²) in [5.41, 5.74) is 2.11. The molecule has 0 aliphatic carbocycles. The fourth-order valence-corrected chi connectivity index (χ4v) is 4.53. The van der Waals surface area contributed by atoms with Crippen LogP contribution in [0.3, 0.4) is 0 Å². The maximum atomic E-state index is 12.7. The molecule has 152 valence electrons. The van der Waals surface area contributed by atoms with Gasteiger partial charge in [0.2, 0.25) is 5.91 Å². The molecule has 6 heteroatoms. The molecule has 0 spiro atoms. The lowest BCUT2D eigenvalue weighted by atomic mass is 10.0. The standard InChI is InChI=1S/C23H26N2O3S/c1-3-12-25(13-11-23(27)28)22(26)15-20-16(2)24-21(29-20)14-18-9-6-8-17-7-4-5-10-19(17)18/h4-10H,3,11-15H2,1-2H3,(H,27,28). The Labute approximate surface area is 175 Å². The average molecular weight is 411 g/mol. The van der Waals surface area contributed by atoms with Gasteiger partial charge in [-0.3, -0.25) is 9.59 Å². The summed E-state index contributed by atoms with van der Waals surface area (Å²) in [5.74, 6) is -0.915. The molecule has 0 saturated carbocycles. The molecule has 0 aliphatic heterocycles. The Balaban J connectivity index is 1.74. The molecule has 3 rings (SSSR count). The monoisotopic (exact) mass is 410 g/mol. The van der Waals surface area contributed by atoms with Crippen LogP contribution in [0.25, 0.3) is 10.8 Å². The first-order valence-corrected chi connectivity index (χ1v) is 10.7. The molecule has 1 heterocycles. The number of fused-ring (bicyclic) bond motifs is 1. The lowest BCUT2D eigenvalue weighted by molar-refractivity contribution is -0.138. The number of carbonyl (C=O) groups excluding carboxylic acids is 1. The number of carboxylic acid groups (broad SMARTS) is 1. The van der Waals surface area contributed by atoms with Crippen LogP contribution in [0, 0.1) is 6.92 Å². The molecular weight excluding hydrogens is 384 g/mol. The maximum Gasteiger partial charge on any atom is 0.305 e. The van der Waals surface area contributed by atoms with Crippen molar-refractivity contribution in [3.05, 3.63) is 63.6 Å². The Morgan fingerprint density at radius 3 is 2.62 bits per heavy atom. The molecule has 1 amide bonds. The van der Waals surface area contributed by atoms with Crippen LogP contribution in [0.15, 0.2) is 42.5 Å². The predicted molar refractivity (Wildman–Crippen MR) is 116 cm³/mol. The Morgan fingerprint density at radius 2 is 1.86 bits per heavy atom. The first-order valence-electron chi connectivity index (χ1n) is 9.89. The highest BCUT2D eigenvalue weighted by Gasteiger charge is 2.18. The normalized spacial score (nSPS) is 11.0. The number of carboxylic acids is 1. The largest absolute Gasteiger partial charge is 0.481 e. The third-order valence-corrected chi connectivity index (χ3v) is 6.07. The molecule has 0 radical (unpaired) electrons. The summed E-state index contributed by atoms with van der Waals surface area (Å²) in [4.78, 5) is 30.9. The van der Waals surface area contributed by atoms with Gasteiger partial charge in [0.25, 0.3) is 0 Å². The van der Waals surface area contributed by atoms with Crippen LogP contribution in [0.1, 0.15) is 40.9 Å². The van der Waals surface area contributed by atoms with Crippen molar-refractivity contribution >= 4 is 34.0 Å². The van der Waals surface area contributed by atoms with Gasteiger partial charge in [-0.1, -0.05) is 49.4 Å². The number of hydrogen-bond donors (Lipinski definition) is 1. The van der Waals surface area contributed by atoms with E-state index in [2.05, 4.69) is 30.3 Å². The van der Waals surface area contributed by atoms with Gasteiger partial charge in [0.15, 0.2) is 0 Å². The summed E-state index contributed by atoms with van der Waals surface area (Å²) < 4.78 is 0. The molecular formula is C23H26N2O3S. The number of thiazole rings is 1. The summed E-state index contributed by atoms with van der Waals surface area (Å²) in [6, 6.07) is 14.6. The fraction of sp³-hybridized carbons (Fsp3) is 0.348. The molecule has 2 aromatic carbocycles. The summed E-state index contributed by atoms with van der Waals surface area (Å²) in [7, 11) is 0. The number of aromatic nitrogens is 1. The zero-order valence-corrected chi connectivity index (χ0v) is 17.7. The van der Waals surface area contributed by atoms with Gasteiger partial charge in [-0.2, -0.15) is 0 Å². The molecule has 0 atom stereocenters. The summed E-state index contributed by atoms with van der Waals surface area (Å²) in [5, 5.41) is 12.3. The summed E-state index contributed by atoms with van der Waals surface area (Å²) in [6.45, 7) is 4.75. The third kappa shape index (κ3) is 5.41. The molecule has 0 fully saturated rings. The SMILES string of the molecule is CCCN(CCC(=O)O)C(=O)Cc1sc(Cc2cccc3ccccc23)nc1C. The van der Waals surface area contributed by atoms with Crippen LogP contribution in [0.4, 0.5) is 0 Å². The maximum absolute atomic E-state index is 12.7. The Bertz CT molecular complexity index is 1010. The first-order chi connectivity index (χ1) is 14.0. The zero-order valence-electron chi connectivity index (χ0n) is 16.9. The number of amides is 1. The van der Waals surface area contributed by atoms with E-state index in [1.807, 2.05) is 26.0 Å². The van der Waals surface area contributed by atoms with Crippen molar-refractivity contribution in [3.63, 3.8) is 0 Å². The lowest BCUT2D eigenvalue weighted by Gasteiger charge is -2.21. The van der Waals surface area contributed by atoms with E-state index in [1.54, 1.807) is 16.2 Å². The van der Waals surface area contributed by atoms with Crippen molar-refractivity contribution in [2.24, 2.45) is 0 Å². The van der Waals surface area contributed by atoms with Crippen molar-refractivity contribution in [2.45, 2.75) is 39.5 Å². The number of carbonyl (C=O) groups is 2. The quantitative estimate of drug-likeness (QED) is 0.566. The zero-order chi connectivity index (χ0) is 20.8. The van der Waals surface area contributed by atoms with E-state index in [0.717, 1.165) is 28.4 Å². The molecule has 0 aliphatic rings. The average Bonchev–Trinajstić information content (AvgIpc) is 3.04. The van der Waals surface area contributed by atoms with Crippen LogP contribution >= 0.6 is 11.3 Å². The molecule has 1 N–H and O–H groups in total. The minimum absolute atomic E-state index is 0.0280. The van der Waals surface area contributed by atoms with Gasteiger partial charge in [0.05, 0.1) is 23.5 Å². The minimum Gasteiger partial charge on any atom is -0.481 e. The van der Waals surface area contributed by atoms with Crippen molar-refractivity contribution in [3.8, 4) is 0 Å². The third-order valence-electron chi connectivity index (χ3n) is 4.91. The summed E-state index contributed by atoms with van der Waals surface area (Å²) >= 11 is 1.58. The number of hydrogen-bond acceptors (Lipinski definition) is 4. The molecule has 1 aromatic heterocycles. The first kappa shape index (κ1) is 21.0. The number of nitrogens with zero attached hydrogens (tertiary/aromatic N) is 2. The number of aliphatic carboxylic acids is 1. The van der Waals surface area contributed by atoms with E-state index >= 15 is 0 Å². The Morgan fingerprint density at radius 1 is 1.10 bits per heavy atom. The van der Waals surface area contributed by atoms with Gasteiger partial charge in [0.1, 0.15) is 0 Å². The number of rotatable bonds is 9. The van der Waals surface area contributed by atoms with Gasteiger partial charge in [-0.15, -0.1) is 11.3 Å². The van der Waals surface area contributed by atoms with Gasteiger partial charge >= 0.3 is 5.97 Å². The molecule has 3 aromatic rings. The Hall–Kier alpha value is -2.73. The highest BCUT2D eigenvalue weighted by molar-refractivity contribution is 7.11. The second kappa shape index (κ2) is 9.65. The van der Waals surface area contributed by atoms with E-state index < -0.39 is 5.97 Å². The predicted octanol–water partition coefficient (Wildman–Crippen LogP) is 4.45. The summed E-state index contributed by atoms with van der Waals surface area (Å²) in [6.07, 6.45) is 1.79. The van der Waals surface area contributed by atoms with E-state index in [4.69, 9.17) is 10.1 Å².